The number of nitrogens with zero attached hydrogens (tertiary/aromatic N) is 2. The molecule has 1 atom stereocenters. The van der Waals surface area contributed by atoms with Gasteiger partial charge in [-0.3, -0.25) is 4.55 Å². The number of unbranched alkanes of at least 4 members (excludes halogenated alkanes) is 1. The predicted molar refractivity (Wildman–Crippen MR) is 74.3 cm³/mol. The minimum atomic E-state index is -3.94. The maximum atomic E-state index is 10.9. The van der Waals surface area contributed by atoms with Crippen LogP contribution in [0.3, 0.4) is 0 Å². The first-order chi connectivity index (χ1) is 9.24. The van der Waals surface area contributed by atoms with Crippen LogP contribution >= 0.6 is 0 Å². The van der Waals surface area contributed by atoms with Gasteiger partial charge in [0.15, 0.2) is 0 Å². The van der Waals surface area contributed by atoms with Gasteiger partial charge in [-0.05, 0) is 32.4 Å². The third-order valence-corrected chi connectivity index (χ3v) is 5.30. The average molecular weight is 330 g/mol. The third-order valence-electron chi connectivity index (χ3n) is 3.05. The fourth-order valence-corrected chi connectivity index (χ4v) is 3.54. The molecule has 0 spiro atoms. The van der Waals surface area contributed by atoms with Gasteiger partial charge in [-0.25, -0.2) is 8.42 Å². The molecule has 20 heavy (non-hydrogen) atoms. The van der Waals surface area contributed by atoms with E-state index >= 15 is 0 Å². The van der Waals surface area contributed by atoms with Crippen molar-refractivity contribution in [1.82, 2.24) is 9.21 Å². The number of sulfonamides is 1. The van der Waals surface area contributed by atoms with Crippen LogP contribution in [0.2, 0.25) is 0 Å². The second-order valence-corrected chi connectivity index (χ2v) is 8.34. The van der Waals surface area contributed by atoms with E-state index in [4.69, 9.17) is 9.66 Å². The van der Waals surface area contributed by atoms with Gasteiger partial charge < -0.3 is 10.0 Å². The molecule has 8 nitrogen and oxygen atoms in total. The van der Waals surface area contributed by atoms with E-state index in [0.29, 0.717) is 32.6 Å². The molecule has 0 aromatic heterocycles. The molecule has 1 heterocycles. The summed E-state index contributed by atoms with van der Waals surface area (Å²) in [6.45, 7) is 2.07. The summed E-state index contributed by atoms with van der Waals surface area (Å²) in [5.74, 6) is -0.150. The lowest BCUT2D eigenvalue weighted by Crippen LogP contribution is -2.30. The smallest absolute Gasteiger partial charge is 0.264 e. The fraction of sp³-hybridized carbons (Fsp3) is 1.00. The van der Waals surface area contributed by atoms with Crippen molar-refractivity contribution in [2.24, 2.45) is 0 Å². The van der Waals surface area contributed by atoms with Gasteiger partial charge in [0.1, 0.15) is 5.88 Å². The zero-order valence-electron chi connectivity index (χ0n) is 11.3. The molecular formula is C10H22N2O6S2. The van der Waals surface area contributed by atoms with Gasteiger partial charge in [-0.1, -0.05) is 0 Å². The van der Waals surface area contributed by atoms with Crippen LogP contribution in [0, 0.1) is 0 Å². The molecule has 0 aromatic rings. The molecule has 1 aliphatic heterocycles. The summed E-state index contributed by atoms with van der Waals surface area (Å²) in [4.78, 5) is 1.90. The molecule has 0 saturated carbocycles. The summed E-state index contributed by atoms with van der Waals surface area (Å²) in [5, 5.41) is 8.92. The van der Waals surface area contributed by atoms with Crippen molar-refractivity contribution in [1.29, 1.82) is 0 Å². The quantitative estimate of drug-likeness (QED) is 0.282. The van der Waals surface area contributed by atoms with Crippen LogP contribution in [-0.2, 0) is 20.1 Å². The van der Waals surface area contributed by atoms with Crippen LogP contribution < -0.4 is 0 Å². The van der Waals surface area contributed by atoms with Crippen molar-refractivity contribution in [2.75, 3.05) is 44.4 Å². The Morgan fingerprint density at radius 1 is 1.10 bits per heavy atom. The molecule has 1 unspecified atom stereocenters. The first-order valence-corrected chi connectivity index (χ1v) is 9.72. The van der Waals surface area contributed by atoms with E-state index in [2.05, 4.69) is 0 Å². The molecule has 1 aliphatic rings. The van der Waals surface area contributed by atoms with Crippen LogP contribution in [-0.4, -0.2) is 80.1 Å². The van der Waals surface area contributed by atoms with E-state index in [-0.39, 0.29) is 18.2 Å². The Balaban J connectivity index is 2.14. The Bertz CT molecular complexity index is 490. The zero-order valence-corrected chi connectivity index (χ0v) is 12.9. The third kappa shape index (κ3) is 7.50. The van der Waals surface area contributed by atoms with E-state index in [9.17, 15) is 16.8 Å². The van der Waals surface area contributed by atoms with E-state index in [1.807, 2.05) is 4.90 Å². The van der Waals surface area contributed by atoms with Crippen molar-refractivity contribution >= 4 is 20.1 Å². The van der Waals surface area contributed by atoms with Gasteiger partial charge >= 0.3 is 0 Å². The highest BCUT2D eigenvalue weighted by Crippen LogP contribution is 2.19. The van der Waals surface area contributed by atoms with Crippen LogP contribution in [0.1, 0.15) is 19.3 Å². The van der Waals surface area contributed by atoms with E-state index in [0.717, 1.165) is 12.8 Å². The molecule has 0 bridgehead atoms. The molecule has 0 amide bonds. The Labute approximate surface area is 120 Å². The normalized spacial score (nSPS) is 21.2. The zero-order chi connectivity index (χ0) is 15.2. The first-order valence-electron chi connectivity index (χ1n) is 6.51. The van der Waals surface area contributed by atoms with Gasteiger partial charge in [-0.2, -0.15) is 12.7 Å². The highest BCUT2D eigenvalue weighted by Gasteiger charge is 2.38. The molecule has 1 rings (SSSR count). The van der Waals surface area contributed by atoms with Crippen LogP contribution in [0.4, 0.5) is 0 Å². The van der Waals surface area contributed by atoms with Gasteiger partial charge in [0, 0.05) is 13.1 Å². The Kier molecular flexibility index (Phi) is 6.82. The SMILES string of the molecule is O=S(=O)(O)CCCN(CCO)CCCCN1CS1(=O)=O. The van der Waals surface area contributed by atoms with Crippen LogP contribution in [0.5, 0.6) is 0 Å². The van der Waals surface area contributed by atoms with Crippen molar-refractivity contribution in [2.45, 2.75) is 19.3 Å². The Morgan fingerprint density at radius 3 is 2.20 bits per heavy atom. The predicted octanol–water partition coefficient (Wildman–Crippen LogP) is -1.06. The minimum Gasteiger partial charge on any atom is -0.395 e. The standard InChI is InChI=1S/C10H22N2O6S2/c13-8-7-11(5-3-9-20(16,17)18)4-1-2-6-12-10-19(12,14)15/h13H,1-10H2,(H,16,17,18). The molecule has 0 aromatic carbocycles. The number of rotatable bonds is 11. The lowest BCUT2D eigenvalue weighted by molar-refractivity contribution is 0.193. The molecule has 120 valence electrons. The summed E-state index contributed by atoms with van der Waals surface area (Å²) in [7, 11) is -6.85. The lowest BCUT2D eigenvalue weighted by Gasteiger charge is -2.20. The van der Waals surface area contributed by atoms with E-state index in [1.54, 1.807) is 0 Å². The number of hydrogen-bond donors (Lipinski definition) is 2. The van der Waals surface area contributed by atoms with Crippen molar-refractivity contribution < 1.29 is 26.5 Å². The second-order valence-electron chi connectivity index (χ2n) is 4.83. The molecule has 10 heteroatoms. The summed E-state index contributed by atoms with van der Waals surface area (Å²) in [6, 6.07) is 0. The maximum absolute atomic E-state index is 10.9. The monoisotopic (exact) mass is 330 g/mol. The van der Waals surface area contributed by atoms with Crippen molar-refractivity contribution in [3.8, 4) is 0 Å². The topological polar surface area (TPSA) is 115 Å². The van der Waals surface area contributed by atoms with Gasteiger partial charge in [-0.15, -0.1) is 0 Å². The maximum Gasteiger partial charge on any atom is 0.264 e. The van der Waals surface area contributed by atoms with Gasteiger partial charge in [0.25, 0.3) is 10.1 Å². The molecule has 2 N–H and O–H groups in total. The number of aliphatic hydroxyl groups is 1. The second kappa shape index (κ2) is 7.66. The molecule has 0 radical (unpaired) electrons. The molecule has 1 fully saturated rings. The highest BCUT2D eigenvalue weighted by molar-refractivity contribution is 7.95. The molecule has 1 saturated heterocycles. The molecular weight excluding hydrogens is 308 g/mol. The summed E-state index contributed by atoms with van der Waals surface area (Å²) in [6.07, 6.45) is 1.82. The van der Waals surface area contributed by atoms with Crippen LogP contribution in [0.25, 0.3) is 0 Å². The highest BCUT2D eigenvalue weighted by atomic mass is 32.2. The molecule has 0 aliphatic carbocycles. The van der Waals surface area contributed by atoms with Crippen molar-refractivity contribution in [3.05, 3.63) is 0 Å². The minimum absolute atomic E-state index is 0.0214. The van der Waals surface area contributed by atoms with E-state index < -0.39 is 20.1 Å². The summed E-state index contributed by atoms with van der Waals surface area (Å²) in [5.41, 5.74) is 0. The van der Waals surface area contributed by atoms with E-state index in [1.165, 1.54) is 4.31 Å². The first kappa shape index (κ1) is 17.8. The fourth-order valence-electron chi connectivity index (χ4n) is 1.93. The van der Waals surface area contributed by atoms with Crippen LogP contribution in [0.15, 0.2) is 0 Å². The van der Waals surface area contributed by atoms with Gasteiger partial charge in [0.2, 0.25) is 10.0 Å². The summed E-state index contributed by atoms with van der Waals surface area (Å²) >= 11 is 0. The average Bonchev–Trinajstić information content (AvgIpc) is 2.90. The van der Waals surface area contributed by atoms with Crippen molar-refractivity contribution in [3.63, 3.8) is 0 Å². The lowest BCUT2D eigenvalue weighted by atomic mass is 10.2. The number of hydrogen-bond acceptors (Lipinski definition) is 6. The largest absolute Gasteiger partial charge is 0.395 e. The number of aliphatic hydroxyl groups excluding tert-OH is 1. The Hall–Kier alpha value is -0.260. The Morgan fingerprint density at radius 2 is 1.70 bits per heavy atom. The van der Waals surface area contributed by atoms with Gasteiger partial charge in [0.05, 0.1) is 12.4 Å². The summed E-state index contributed by atoms with van der Waals surface area (Å²) < 4.78 is 53.1.